The molecule has 0 aliphatic heterocycles. The molecule has 7 nitrogen and oxygen atoms in total. The van der Waals surface area contributed by atoms with Gasteiger partial charge in [-0.15, -0.1) is 11.3 Å². The Labute approximate surface area is 112 Å². The Hall–Kier alpha value is -2.06. The smallest absolute Gasteiger partial charge is 0.268 e. The molecule has 3 aromatic heterocycles. The summed E-state index contributed by atoms with van der Waals surface area (Å²) < 4.78 is 2.31. The molecule has 0 aliphatic carbocycles. The summed E-state index contributed by atoms with van der Waals surface area (Å²) in [6, 6.07) is 1.85. The van der Waals surface area contributed by atoms with Crippen molar-refractivity contribution < 1.29 is 0 Å². The average Bonchev–Trinajstić information content (AvgIpc) is 2.98. The quantitative estimate of drug-likeness (QED) is 0.720. The van der Waals surface area contributed by atoms with Crippen molar-refractivity contribution in [3.8, 4) is 0 Å². The molecule has 0 atom stereocenters. The maximum absolute atomic E-state index is 11.8. The minimum Gasteiger partial charge on any atom is -0.308 e. The van der Waals surface area contributed by atoms with Gasteiger partial charge in [0.15, 0.2) is 5.82 Å². The third-order valence-corrected chi connectivity index (χ3v) is 3.49. The predicted octanol–water partition coefficient (Wildman–Crippen LogP) is 0.403. The summed E-state index contributed by atoms with van der Waals surface area (Å²) in [6.07, 6.45) is 1.65. The van der Waals surface area contributed by atoms with E-state index in [2.05, 4.69) is 25.4 Å². The summed E-state index contributed by atoms with van der Waals surface area (Å²) >= 11 is 1.40. The van der Waals surface area contributed by atoms with Gasteiger partial charge < -0.3 is 10.3 Å². The fourth-order valence-corrected chi connectivity index (χ4v) is 2.49. The van der Waals surface area contributed by atoms with E-state index >= 15 is 0 Å². The van der Waals surface area contributed by atoms with Gasteiger partial charge in [0.25, 0.3) is 5.56 Å². The number of fused-ring (bicyclic) bond motifs is 1. The first-order valence-electron chi connectivity index (χ1n) is 5.74. The summed E-state index contributed by atoms with van der Waals surface area (Å²) in [7, 11) is 1.82. The molecule has 0 radical (unpaired) electrons. The highest BCUT2D eigenvalue weighted by Gasteiger charge is 2.05. The maximum Gasteiger partial charge on any atom is 0.268 e. The van der Waals surface area contributed by atoms with E-state index in [1.165, 1.54) is 11.3 Å². The molecule has 0 amide bonds. The lowest BCUT2D eigenvalue weighted by Crippen LogP contribution is -2.19. The van der Waals surface area contributed by atoms with Crippen molar-refractivity contribution in [1.29, 1.82) is 0 Å². The molecule has 98 valence electrons. The fourth-order valence-electron chi connectivity index (χ4n) is 1.76. The predicted molar refractivity (Wildman–Crippen MR) is 71.8 cm³/mol. The van der Waals surface area contributed by atoms with Crippen LogP contribution in [0.1, 0.15) is 11.6 Å². The van der Waals surface area contributed by atoms with Crippen molar-refractivity contribution in [2.24, 2.45) is 7.05 Å². The number of nitrogens with one attached hydrogen (secondary N) is 2. The van der Waals surface area contributed by atoms with Gasteiger partial charge in [-0.1, -0.05) is 0 Å². The number of rotatable bonds is 4. The van der Waals surface area contributed by atoms with E-state index in [-0.39, 0.29) is 5.56 Å². The van der Waals surface area contributed by atoms with Gasteiger partial charge in [-0.2, -0.15) is 5.10 Å². The first-order valence-corrected chi connectivity index (χ1v) is 6.62. The monoisotopic (exact) mass is 276 g/mol. The summed E-state index contributed by atoms with van der Waals surface area (Å²) in [5.74, 6) is 1.33. The second kappa shape index (κ2) is 4.90. The molecule has 3 aromatic rings. The SMILES string of the molecule is Cn1cnc(CNCc2nc3ccsc3c(=O)[nH]2)n1. The minimum atomic E-state index is -0.0900. The van der Waals surface area contributed by atoms with E-state index in [1.807, 2.05) is 18.5 Å². The Bertz CT molecular complexity index is 758. The normalized spacial score (nSPS) is 11.2. The van der Waals surface area contributed by atoms with Crippen LogP contribution in [0, 0.1) is 0 Å². The van der Waals surface area contributed by atoms with Crippen LogP contribution in [0.25, 0.3) is 10.2 Å². The van der Waals surface area contributed by atoms with E-state index in [0.29, 0.717) is 29.4 Å². The third-order valence-electron chi connectivity index (χ3n) is 2.59. The number of thiophene rings is 1. The zero-order chi connectivity index (χ0) is 13.2. The van der Waals surface area contributed by atoms with E-state index in [1.54, 1.807) is 11.0 Å². The molecule has 0 aliphatic rings. The molecule has 0 saturated heterocycles. The number of nitrogens with zero attached hydrogens (tertiary/aromatic N) is 4. The summed E-state index contributed by atoms with van der Waals surface area (Å²) in [5, 5.41) is 9.16. The lowest BCUT2D eigenvalue weighted by atomic mass is 10.4. The van der Waals surface area contributed by atoms with E-state index in [4.69, 9.17) is 0 Å². The van der Waals surface area contributed by atoms with Crippen LogP contribution in [0.4, 0.5) is 0 Å². The number of hydrogen-bond donors (Lipinski definition) is 2. The Morgan fingerprint density at radius 1 is 1.47 bits per heavy atom. The Kier molecular flexibility index (Phi) is 3.10. The van der Waals surface area contributed by atoms with Gasteiger partial charge >= 0.3 is 0 Å². The number of aromatic nitrogens is 5. The summed E-state index contributed by atoms with van der Waals surface area (Å²) in [6.45, 7) is 1.01. The Morgan fingerprint density at radius 3 is 3.16 bits per heavy atom. The van der Waals surface area contributed by atoms with Gasteiger partial charge in [-0.3, -0.25) is 9.48 Å². The highest BCUT2D eigenvalue weighted by atomic mass is 32.1. The molecule has 2 N–H and O–H groups in total. The summed E-state index contributed by atoms with van der Waals surface area (Å²) in [4.78, 5) is 23.0. The van der Waals surface area contributed by atoms with Gasteiger partial charge in [-0.05, 0) is 11.4 Å². The molecule has 3 rings (SSSR count). The lowest BCUT2D eigenvalue weighted by molar-refractivity contribution is 0.630. The topological polar surface area (TPSA) is 88.5 Å². The maximum atomic E-state index is 11.8. The molecule has 0 fully saturated rings. The van der Waals surface area contributed by atoms with E-state index in [0.717, 1.165) is 5.52 Å². The van der Waals surface area contributed by atoms with Crippen molar-refractivity contribution in [1.82, 2.24) is 30.0 Å². The van der Waals surface area contributed by atoms with Crippen LogP contribution < -0.4 is 10.9 Å². The zero-order valence-corrected chi connectivity index (χ0v) is 11.1. The van der Waals surface area contributed by atoms with E-state index < -0.39 is 0 Å². The first-order chi connectivity index (χ1) is 9.22. The van der Waals surface area contributed by atoms with Crippen molar-refractivity contribution in [2.45, 2.75) is 13.1 Å². The van der Waals surface area contributed by atoms with Gasteiger partial charge in [0.2, 0.25) is 0 Å². The molecule has 0 aromatic carbocycles. The van der Waals surface area contributed by atoms with Crippen LogP contribution in [0.5, 0.6) is 0 Å². The Balaban J connectivity index is 1.69. The van der Waals surface area contributed by atoms with Gasteiger partial charge in [-0.25, -0.2) is 9.97 Å². The number of H-pyrrole nitrogens is 1. The third kappa shape index (κ3) is 2.54. The van der Waals surface area contributed by atoms with Crippen molar-refractivity contribution in [2.75, 3.05) is 0 Å². The van der Waals surface area contributed by atoms with Crippen molar-refractivity contribution in [3.05, 3.63) is 39.8 Å². The second-order valence-corrected chi connectivity index (χ2v) is 5.00. The Morgan fingerprint density at radius 2 is 2.37 bits per heavy atom. The summed E-state index contributed by atoms with van der Waals surface area (Å²) in [5.41, 5.74) is 0.647. The van der Waals surface area contributed by atoms with Crippen molar-refractivity contribution in [3.63, 3.8) is 0 Å². The second-order valence-electron chi connectivity index (χ2n) is 4.09. The van der Waals surface area contributed by atoms with Crippen LogP contribution in [-0.4, -0.2) is 24.7 Å². The zero-order valence-electron chi connectivity index (χ0n) is 10.3. The molecular weight excluding hydrogens is 264 g/mol. The highest BCUT2D eigenvalue weighted by Crippen LogP contribution is 2.13. The molecule has 0 bridgehead atoms. The molecular formula is C11H12N6OS. The molecule has 19 heavy (non-hydrogen) atoms. The highest BCUT2D eigenvalue weighted by molar-refractivity contribution is 7.17. The van der Waals surface area contributed by atoms with Crippen LogP contribution >= 0.6 is 11.3 Å². The van der Waals surface area contributed by atoms with Crippen molar-refractivity contribution >= 4 is 21.6 Å². The number of aryl methyl sites for hydroxylation is 1. The van der Waals surface area contributed by atoms with Crippen LogP contribution in [0.15, 0.2) is 22.6 Å². The standard InChI is InChI=1S/C11H12N6OS/c1-17-6-13-8(16-17)4-12-5-9-14-7-2-3-19-10(7)11(18)15-9/h2-3,6,12H,4-5H2,1H3,(H,14,15,18). The van der Waals surface area contributed by atoms with E-state index in [9.17, 15) is 4.79 Å². The first kappa shape index (κ1) is 12.0. The van der Waals surface area contributed by atoms with Gasteiger partial charge in [0.05, 0.1) is 18.6 Å². The molecule has 0 saturated carbocycles. The molecule has 3 heterocycles. The lowest BCUT2D eigenvalue weighted by Gasteiger charge is -2.01. The molecule has 8 heteroatoms. The number of hydrogen-bond acceptors (Lipinski definition) is 6. The van der Waals surface area contributed by atoms with Crippen LogP contribution in [0.3, 0.4) is 0 Å². The van der Waals surface area contributed by atoms with Gasteiger partial charge in [0.1, 0.15) is 16.9 Å². The largest absolute Gasteiger partial charge is 0.308 e. The molecule has 0 spiro atoms. The fraction of sp³-hybridized carbons (Fsp3) is 0.273. The molecule has 0 unspecified atom stereocenters. The van der Waals surface area contributed by atoms with Gasteiger partial charge in [0, 0.05) is 7.05 Å². The van der Waals surface area contributed by atoms with Crippen LogP contribution in [-0.2, 0) is 20.1 Å². The number of aromatic amines is 1. The average molecular weight is 276 g/mol. The minimum absolute atomic E-state index is 0.0900. The van der Waals surface area contributed by atoms with Crippen LogP contribution in [0.2, 0.25) is 0 Å².